The molecule has 3 N–H and O–H groups in total. The molecule has 0 aliphatic rings. The molecule has 250 valence electrons. The van der Waals surface area contributed by atoms with E-state index in [-0.39, 0.29) is 0 Å². The number of unbranched alkanes of at least 4 members (excludes halogenated alkanes) is 27. The van der Waals surface area contributed by atoms with Gasteiger partial charge in [-0.1, -0.05) is 194 Å². The molecule has 0 bridgehead atoms. The fraction of sp³-hybridized carbons (Fsp3) is 1.00. The SMILES string of the molecule is CCCCCCCCCCCCS(CCCCCCCCCCCC)(CCCCCCCCCCCC)[P+](O)(O)O. The molecule has 3 nitrogen and oxygen atoms in total. The maximum atomic E-state index is 10.8. The Bertz CT molecular complexity index is 452. The first-order chi connectivity index (χ1) is 19.9. The molecule has 41 heavy (non-hydrogen) atoms. The first kappa shape index (κ1) is 41.7. The highest BCUT2D eigenvalue weighted by Gasteiger charge is 2.51. The van der Waals surface area contributed by atoms with Gasteiger partial charge < -0.3 is 0 Å². The van der Waals surface area contributed by atoms with Gasteiger partial charge in [0.15, 0.2) is 0 Å². The standard InChI is InChI=1S/C36H78O3PS/c1-4-7-10-13-16-19-22-25-28-31-34-41(40(37,38)39,35-32-29-26-23-20-17-14-11-8-5-2)36-33-30-27-24-21-18-15-12-9-6-3/h37-39H,4-36H2,1-3H3/q+1. The third-order valence-corrected chi connectivity index (χ3v) is 18.1. The lowest BCUT2D eigenvalue weighted by Gasteiger charge is -2.38. The van der Waals surface area contributed by atoms with Gasteiger partial charge in [0, 0.05) is 17.3 Å². The second-order valence-electron chi connectivity index (χ2n) is 13.2. The molecule has 0 saturated heterocycles. The molecule has 0 aromatic carbocycles. The van der Waals surface area contributed by atoms with Gasteiger partial charge in [0.1, 0.15) is 0 Å². The highest BCUT2D eigenvalue weighted by molar-refractivity contribution is 8.78. The van der Waals surface area contributed by atoms with Crippen LogP contribution in [0, 0.1) is 0 Å². The van der Waals surface area contributed by atoms with Gasteiger partial charge in [0.05, 0.1) is 0 Å². The van der Waals surface area contributed by atoms with E-state index < -0.39 is 16.8 Å². The van der Waals surface area contributed by atoms with Gasteiger partial charge in [0.2, 0.25) is 0 Å². The topological polar surface area (TPSA) is 60.7 Å². The van der Waals surface area contributed by atoms with Crippen molar-refractivity contribution in [2.75, 3.05) is 17.3 Å². The van der Waals surface area contributed by atoms with E-state index in [1.165, 1.54) is 173 Å². The zero-order valence-corrected chi connectivity index (χ0v) is 30.2. The van der Waals surface area contributed by atoms with E-state index in [9.17, 15) is 14.7 Å². The van der Waals surface area contributed by atoms with Crippen LogP contribution in [0.3, 0.4) is 0 Å². The van der Waals surface area contributed by atoms with Crippen molar-refractivity contribution >= 4 is 16.8 Å². The average molecular weight is 622 g/mol. The second-order valence-corrected chi connectivity index (χ2v) is 21.2. The zero-order valence-electron chi connectivity index (χ0n) is 28.5. The molecule has 0 heterocycles. The van der Waals surface area contributed by atoms with Crippen molar-refractivity contribution in [2.45, 2.75) is 213 Å². The number of hydrogen-bond acceptors (Lipinski definition) is 3. The van der Waals surface area contributed by atoms with Gasteiger partial charge in [-0.2, -0.15) is 14.7 Å². The molecule has 0 fully saturated rings. The third kappa shape index (κ3) is 25.7. The zero-order chi connectivity index (χ0) is 30.3. The average Bonchev–Trinajstić information content (AvgIpc) is 2.95. The van der Waals surface area contributed by atoms with Crippen LogP contribution in [0.5, 0.6) is 0 Å². The summed E-state index contributed by atoms with van der Waals surface area (Å²) in [6.07, 6.45) is 38.9. The smallest absolute Gasteiger partial charge is 0.185 e. The highest BCUT2D eigenvalue weighted by Crippen LogP contribution is 2.83. The summed E-state index contributed by atoms with van der Waals surface area (Å²) in [7, 11) is -5.56. The van der Waals surface area contributed by atoms with Crippen molar-refractivity contribution in [3.63, 3.8) is 0 Å². The molecule has 0 atom stereocenters. The van der Waals surface area contributed by atoms with E-state index in [2.05, 4.69) is 20.8 Å². The monoisotopic (exact) mass is 622 g/mol. The summed E-state index contributed by atoms with van der Waals surface area (Å²) in [6, 6.07) is 0. The predicted octanol–water partition coefficient (Wildman–Crippen LogP) is 13.2. The molecule has 0 unspecified atom stereocenters. The molecular formula is C36H78O3PS+. The molecule has 5 heteroatoms. The molecule has 0 aliphatic heterocycles. The number of rotatable bonds is 34. The summed E-state index contributed by atoms with van der Waals surface area (Å²) in [6.45, 7) is 6.82. The molecule has 0 aliphatic carbocycles. The minimum Gasteiger partial charge on any atom is -0.185 e. The molecule has 0 spiro atoms. The largest absolute Gasteiger partial charge is 0.449 e. The Morgan fingerprint density at radius 3 is 0.634 bits per heavy atom. The van der Waals surface area contributed by atoms with Crippen LogP contribution in [0.2, 0.25) is 0 Å². The molecule has 0 aromatic heterocycles. The van der Waals surface area contributed by atoms with E-state index in [4.69, 9.17) is 0 Å². The van der Waals surface area contributed by atoms with Gasteiger partial charge in [0.25, 0.3) is 0 Å². The minimum absolute atomic E-state index is 0.871. The predicted molar refractivity (Wildman–Crippen MR) is 191 cm³/mol. The van der Waals surface area contributed by atoms with Gasteiger partial charge in [-0.3, -0.25) is 0 Å². The fourth-order valence-electron chi connectivity index (χ4n) is 6.25. The lowest BCUT2D eigenvalue weighted by atomic mass is 10.1. The summed E-state index contributed by atoms with van der Waals surface area (Å²) < 4.78 is 0. The Morgan fingerprint density at radius 2 is 0.463 bits per heavy atom. The normalized spacial score (nSPS) is 12.8. The van der Waals surface area contributed by atoms with Crippen LogP contribution in [0.1, 0.15) is 213 Å². The molecule has 0 radical (unpaired) electrons. The van der Waals surface area contributed by atoms with Gasteiger partial charge in [-0.05, 0) is 28.9 Å². The van der Waals surface area contributed by atoms with E-state index in [1.807, 2.05) is 0 Å². The summed E-state index contributed by atoms with van der Waals surface area (Å²) in [5, 5.41) is 0. The molecule has 0 saturated carbocycles. The lowest BCUT2D eigenvalue weighted by Crippen LogP contribution is -2.18. The second kappa shape index (κ2) is 30.7. The molecule has 0 aromatic rings. The summed E-state index contributed by atoms with van der Waals surface area (Å²) >= 11 is 0. The maximum absolute atomic E-state index is 10.8. The Hall–Kier alpha value is 0.660. The molecule has 0 rings (SSSR count). The van der Waals surface area contributed by atoms with Crippen molar-refractivity contribution in [3.8, 4) is 0 Å². The van der Waals surface area contributed by atoms with E-state index in [0.717, 1.165) is 36.5 Å². The summed E-state index contributed by atoms with van der Waals surface area (Å²) in [5.74, 6) is 2.61. The van der Waals surface area contributed by atoms with Crippen LogP contribution in [0.15, 0.2) is 0 Å². The maximum Gasteiger partial charge on any atom is 0.449 e. The van der Waals surface area contributed by atoms with Crippen LogP contribution < -0.4 is 0 Å². The Kier molecular flexibility index (Phi) is 31.2. The first-order valence-corrected chi connectivity index (χ1v) is 23.2. The quantitative estimate of drug-likeness (QED) is 0.0495. The van der Waals surface area contributed by atoms with E-state index in [0.29, 0.717) is 0 Å². The summed E-state index contributed by atoms with van der Waals surface area (Å²) in [5.41, 5.74) is 0. The minimum atomic E-state index is -3.80. The third-order valence-electron chi connectivity index (χ3n) is 9.15. The number of hydrogen-bond donors (Lipinski definition) is 3. The Balaban J connectivity index is 4.55. The van der Waals surface area contributed by atoms with Crippen LogP contribution in [0.4, 0.5) is 0 Å². The van der Waals surface area contributed by atoms with Crippen molar-refractivity contribution in [1.29, 1.82) is 0 Å². The fourth-order valence-corrected chi connectivity index (χ4v) is 13.2. The Morgan fingerprint density at radius 1 is 0.293 bits per heavy atom. The van der Waals surface area contributed by atoms with Crippen LogP contribution in [-0.2, 0) is 0 Å². The summed E-state index contributed by atoms with van der Waals surface area (Å²) in [4.78, 5) is 32.5. The van der Waals surface area contributed by atoms with Crippen LogP contribution in [0.25, 0.3) is 0 Å². The first-order valence-electron chi connectivity index (χ1n) is 18.8. The lowest BCUT2D eigenvalue weighted by molar-refractivity contribution is 0.356. The van der Waals surface area contributed by atoms with Gasteiger partial charge in [-0.25, -0.2) is 0 Å². The van der Waals surface area contributed by atoms with E-state index >= 15 is 0 Å². The Labute approximate surface area is 261 Å². The van der Waals surface area contributed by atoms with Crippen molar-refractivity contribution < 1.29 is 14.7 Å². The van der Waals surface area contributed by atoms with Gasteiger partial charge >= 0.3 is 7.15 Å². The molecular weight excluding hydrogens is 543 g/mol. The van der Waals surface area contributed by atoms with Gasteiger partial charge in [-0.15, -0.1) is 0 Å². The van der Waals surface area contributed by atoms with Crippen molar-refractivity contribution in [2.24, 2.45) is 0 Å². The van der Waals surface area contributed by atoms with Crippen LogP contribution in [-0.4, -0.2) is 31.9 Å². The van der Waals surface area contributed by atoms with Crippen molar-refractivity contribution in [1.82, 2.24) is 0 Å². The molecule has 0 amide bonds. The highest BCUT2D eigenvalue weighted by atomic mass is 32.8. The van der Waals surface area contributed by atoms with Crippen LogP contribution >= 0.6 is 16.8 Å². The van der Waals surface area contributed by atoms with E-state index in [1.54, 1.807) is 0 Å². The van der Waals surface area contributed by atoms with Crippen molar-refractivity contribution in [3.05, 3.63) is 0 Å².